The molecule has 20 heavy (non-hydrogen) atoms. The molecule has 0 aliphatic heterocycles. The lowest BCUT2D eigenvalue weighted by molar-refractivity contribution is -0.384. The van der Waals surface area contributed by atoms with E-state index in [1.165, 1.54) is 6.07 Å². The lowest BCUT2D eigenvalue weighted by Gasteiger charge is -2.06. The minimum atomic E-state index is -0.418. The van der Waals surface area contributed by atoms with Gasteiger partial charge in [-0.2, -0.15) is 0 Å². The Morgan fingerprint density at radius 3 is 2.75 bits per heavy atom. The van der Waals surface area contributed by atoms with Crippen LogP contribution in [0.4, 0.5) is 11.6 Å². The van der Waals surface area contributed by atoms with Crippen molar-refractivity contribution >= 4 is 11.6 Å². The normalized spacial score (nSPS) is 11.0. The predicted octanol–water partition coefficient (Wildman–Crippen LogP) is 3.34. The van der Waals surface area contributed by atoms with Crippen molar-refractivity contribution in [1.29, 1.82) is 0 Å². The van der Waals surface area contributed by atoms with E-state index in [-0.39, 0.29) is 11.6 Å². The van der Waals surface area contributed by atoms with Gasteiger partial charge in [0.2, 0.25) is 5.88 Å². The third-order valence-corrected chi connectivity index (χ3v) is 3.03. The van der Waals surface area contributed by atoms with Gasteiger partial charge in [0.15, 0.2) is 0 Å². The first-order valence-corrected chi connectivity index (χ1v) is 6.39. The number of hydrogen-bond acceptors (Lipinski definition) is 5. The first-order valence-electron chi connectivity index (χ1n) is 6.39. The number of benzene rings is 1. The van der Waals surface area contributed by atoms with Crippen LogP contribution in [0, 0.1) is 23.0 Å². The van der Waals surface area contributed by atoms with Gasteiger partial charge in [-0.3, -0.25) is 10.1 Å². The van der Waals surface area contributed by atoms with Crippen molar-refractivity contribution < 1.29 is 9.45 Å². The van der Waals surface area contributed by atoms with Crippen LogP contribution in [0.5, 0.6) is 0 Å². The maximum atomic E-state index is 11.2. The second-order valence-electron chi connectivity index (χ2n) is 5.25. The molecule has 0 saturated carbocycles. The lowest BCUT2D eigenvalue weighted by atomic mass is 9.97. The van der Waals surface area contributed by atoms with Gasteiger partial charge in [-0.25, -0.2) is 0 Å². The molecule has 6 heteroatoms. The van der Waals surface area contributed by atoms with Crippen molar-refractivity contribution in [2.75, 3.05) is 5.73 Å². The maximum absolute atomic E-state index is 11.2. The summed E-state index contributed by atoms with van der Waals surface area (Å²) < 4.78 is 5.03. The minimum Gasteiger partial charge on any atom is -0.367 e. The Bertz CT molecular complexity index is 647. The number of rotatable bonds is 4. The van der Waals surface area contributed by atoms with Gasteiger partial charge in [-0.15, -0.1) is 0 Å². The van der Waals surface area contributed by atoms with Gasteiger partial charge in [0.25, 0.3) is 5.69 Å². The molecule has 0 spiro atoms. The summed E-state index contributed by atoms with van der Waals surface area (Å²) in [5, 5.41) is 15.1. The zero-order valence-electron chi connectivity index (χ0n) is 11.7. The summed E-state index contributed by atoms with van der Waals surface area (Å²) in [5.41, 5.74) is 8.36. The molecular formula is C14H17N3O3. The van der Waals surface area contributed by atoms with Gasteiger partial charge in [-0.1, -0.05) is 25.1 Å². The number of nitrogens with zero attached hydrogens (tertiary/aromatic N) is 2. The highest BCUT2D eigenvalue weighted by atomic mass is 16.6. The van der Waals surface area contributed by atoms with Crippen molar-refractivity contribution in [2.24, 2.45) is 5.92 Å². The van der Waals surface area contributed by atoms with E-state index >= 15 is 0 Å². The molecule has 106 valence electrons. The number of anilines is 1. The van der Waals surface area contributed by atoms with E-state index in [9.17, 15) is 10.1 Å². The van der Waals surface area contributed by atoms with Crippen molar-refractivity contribution in [3.8, 4) is 11.3 Å². The standard InChI is InChI=1S/C14H17N3O3/c1-8(2)6-11-13(16-20-14(11)15)10-7-9(3)4-5-12(10)17(18)19/h4-5,7-8H,6,15H2,1-3H3. The third kappa shape index (κ3) is 2.64. The van der Waals surface area contributed by atoms with Crippen LogP contribution in [-0.4, -0.2) is 10.1 Å². The fourth-order valence-electron chi connectivity index (χ4n) is 2.14. The molecule has 0 unspecified atom stereocenters. The van der Waals surface area contributed by atoms with Crippen LogP contribution in [0.3, 0.4) is 0 Å². The molecule has 2 N–H and O–H groups in total. The fourth-order valence-corrected chi connectivity index (χ4v) is 2.14. The van der Waals surface area contributed by atoms with E-state index in [0.717, 1.165) is 11.1 Å². The average Bonchev–Trinajstić information content (AvgIpc) is 2.70. The summed E-state index contributed by atoms with van der Waals surface area (Å²) in [5.74, 6) is 0.573. The number of nitro groups is 1. The van der Waals surface area contributed by atoms with Crippen molar-refractivity contribution in [2.45, 2.75) is 27.2 Å². The van der Waals surface area contributed by atoms with Gasteiger partial charge < -0.3 is 10.3 Å². The number of nitrogen functional groups attached to an aromatic ring is 1. The molecule has 2 aromatic rings. The molecule has 0 atom stereocenters. The highest BCUT2D eigenvalue weighted by Gasteiger charge is 2.23. The van der Waals surface area contributed by atoms with Crippen LogP contribution in [0.2, 0.25) is 0 Å². The van der Waals surface area contributed by atoms with Crippen LogP contribution in [-0.2, 0) is 6.42 Å². The molecule has 6 nitrogen and oxygen atoms in total. The summed E-state index contributed by atoms with van der Waals surface area (Å²) >= 11 is 0. The molecule has 0 radical (unpaired) electrons. The molecule has 1 aromatic heterocycles. The van der Waals surface area contributed by atoms with Crippen LogP contribution in [0.15, 0.2) is 22.7 Å². The second-order valence-corrected chi connectivity index (χ2v) is 5.25. The average molecular weight is 275 g/mol. The Labute approximate surface area is 116 Å². The van der Waals surface area contributed by atoms with Crippen LogP contribution >= 0.6 is 0 Å². The van der Waals surface area contributed by atoms with Gasteiger partial charge in [0.1, 0.15) is 5.69 Å². The molecule has 2 rings (SSSR count). The maximum Gasteiger partial charge on any atom is 0.278 e. The van der Waals surface area contributed by atoms with E-state index < -0.39 is 4.92 Å². The van der Waals surface area contributed by atoms with Crippen molar-refractivity contribution in [3.05, 3.63) is 39.4 Å². The SMILES string of the molecule is Cc1ccc([N+](=O)[O-])c(-c2noc(N)c2CC(C)C)c1. The fraction of sp³-hybridized carbons (Fsp3) is 0.357. The van der Waals surface area contributed by atoms with Gasteiger partial charge in [0, 0.05) is 11.6 Å². The number of nitrogens with two attached hydrogens (primary N) is 1. The third-order valence-electron chi connectivity index (χ3n) is 3.03. The Balaban J connectivity index is 2.62. The minimum absolute atomic E-state index is 0.00825. The predicted molar refractivity (Wildman–Crippen MR) is 76.3 cm³/mol. The number of hydrogen-bond donors (Lipinski definition) is 1. The van der Waals surface area contributed by atoms with Crippen LogP contribution in [0.25, 0.3) is 11.3 Å². The van der Waals surface area contributed by atoms with Crippen molar-refractivity contribution in [1.82, 2.24) is 5.16 Å². The molecule has 0 amide bonds. The number of nitro benzene ring substituents is 1. The Hall–Kier alpha value is -2.37. The summed E-state index contributed by atoms with van der Waals surface area (Å²) in [7, 11) is 0. The quantitative estimate of drug-likeness (QED) is 0.682. The molecule has 0 aliphatic carbocycles. The Morgan fingerprint density at radius 2 is 2.15 bits per heavy atom. The molecule has 0 saturated heterocycles. The molecule has 1 heterocycles. The zero-order valence-corrected chi connectivity index (χ0v) is 11.7. The van der Waals surface area contributed by atoms with Gasteiger partial charge >= 0.3 is 0 Å². The summed E-state index contributed by atoms with van der Waals surface area (Å²) in [6.45, 7) is 5.96. The van der Waals surface area contributed by atoms with Crippen molar-refractivity contribution in [3.63, 3.8) is 0 Å². The Morgan fingerprint density at radius 1 is 1.45 bits per heavy atom. The van der Waals surface area contributed by atoms with E-state index in [1.807, 2.05) is 20.8 Å². The number of aryl methyl sites for hydroxylation is 1. The van der Waals surface area contributed by atoms with E-state index in [2.05, 4.69) is 5.16 Å². The smallest absolute Gasteiger partial charge is 0.278 e. The zero-order chi connectivity index (χ0) is 14.9. The summed E-state index contributed by atoms with van der Waals surface area (Å²) in [6, 6.07) is 4.92. The molecular weight excluding hydrogens is 258 g/mol. The second kappa shape index (κ2) is 5.32. The largest absolute Gasteiger partial charge is 0.367 e. The highest BCUT2D eigenvalue weighted by molar-refractivity contribution is 5.75. The number of aromatic nitrogens is 1. The monoisotopic (exact) mass is 275 g/mol. The first-order chi connectivity index (χ1) is 9.40. The molecule has 0 aliphatic rings. The van der Waals surface area contributed by atoms with E-state index in [4.69, 9.17) is 10.3 Å². The van der Waals surface area contributed by atoms with Crippen LogP contribution in [0.1, 0.15) is 25.0 Å². The summed E-state index contributed by atoms with van der Waals surface area (Å²) in [6.07, 6.45) is 0.662. The molecule has 0 fully saturated rings. The van der Waals surface area contributed by atoms with E-state index in [1.54, 1.807) is 12.1 Å². The van der Waals surface area contributed by atoms with E-state index in [0.29, 0.717) is 23.6 Å². The topological polar surface area (TPSA) is 95.2 Å². The van der Waals surface area contributed by atoms with Crippen LogP contribution < -0.4 is 5.73 Å². The molecule has 1 aromatic carbocycles. The van der Waals surface area contributed by atoms with Gasteiger partial charge in [-0.05, 0) is 30.9 Å². The first kappa shape index (κ1) is 14.0. The lowest BCUT2D eigenvalue weighted by Crippen LogP contribution is -2.00. The van der Waals surface area contributed by atoms with Gasteiger partial charge in [0.05, 0.1) is 10.5 Å². The summed E-state index contributed by atoms with van der Waals surface area (Å²) in [4.78, 5) is 10.7. The highest BCUT2D eigenvalue weighted by Crippen LogP contribution is 2.35. The Kier molecular flexibility index (Phi) is 3.74. The molecule has 0 bridgehead atoms.